The van der Waals surface area contributed by atoms with Crippen molar-refractivity contribution in [3.8, 4) is 16.9 Å². The topological polar surface area (TPSA) is 98.2 Å². The molecule has 8 heteroatoms. The van der Waals surface area contributed by atoms with E-state index in [-0.39, 0.29) is 23.7 Å². The van der Waals surface area contributed by atoms with Crippen molar-refractivity contribution >= 4 is 16.9 Å². The van der Waals surface area contributed by atoms with Gasteiger partial charge in [-0.25, -0.2) is 4.98 Å². The van der Waals surface area contributed by atoms with Gasteiger partial charge in [-0.1, -0.05) is 20.8 Å². The molecule has 0 saturated heterocycles. The van der Waals surface area contributed by atoms with E-state index in [4.69, 9.17) is 9.47 Å². The standard InChI is InChI=1S/C25H34N4O4/c1-15-9-16(18-11-26-21-19(18)23(31)29(7)13-27-21)10-17(20(15)33-14-32-8)22(30)28-25(5,6)12-24(2,3)4/h9-11,13,26H,12,14H2,1-8H3,(H,28,30). The van der Waals surface area contributed by atoms with E-state index in [9.17, 15) is 9.59 Å². The number of benzene rings is 1. The molecular formula is C25H34N4O4. The second-order valence-corrected chi connectivity index (χ2v) is 10.4. The summed E-state index contributed by atoms with van der Waals surface area (Å²) in [6.07, 6.45) is 4.02. The molecule has 0 saturated carbocycles. The summed E-state index contributed by atoms with van der Waals surface area (Å²) >= 11 is 0. The van der Waals surface area contributed by atoms with Gasteiger partial charge in [0.2, 0.25) is 0 Å². The highest BCUT2D eigenvalue weighted by molar-refractivity contribution is 6.01. The highest BCUT2D eigenvalue weighted by Gasteiger charge is 2.29. The summed E-state index contributed by atoms with van der Waals surface area (Å²) in [4.78, 5) is 33.6. The van der Waals surface area contributed by atoms with E-state index in [1.54, 1.807) is 19.3 Å². The molecule has 0 spiro atoms. The lowest BCUT2D eigenvalue weighted by Crippen LogP contribution is -2.46. The highest BCUT2D eigenvalue weighted by Crippen LogP contribution is 2.34. The number of ether oxygens (including phenoxy) is 2. The SMILES string of the molecule is COCOc1c(C)cc(-c2c[nH]c3ncn(C)c(=O)c23)cc1C(=O)NC(C)(C)CC(C)(C)C. The first-order chi connectivity index (χ1) is 15.3. The van der Waals surface area contributed by atoms with Crippen LogP contribution in [0.4, 0.5) is 0 Å². The Labute approximate surface area is 194 Å². The Hall–Kier alpha value is -3.13. The van der Waals surface area contributed by atoms with Crippen LogP contribution in [-0.4, -0.2) is 39.9 Å². The van der Waals surface area contributed by atoms with Crippen molar-refractivity contribution in [3.05, 3.63) is 46.1 Å². The number of methoxy groups -OCH3 is 1. The highest BCUT2D eigenvalue weighted by atomic mass is 16.7. The van der Waals surface area contributed by atoms with Gasteiger partial charge in [0.1, 0.15) is 11.4 Å². The lowest BCUT2D eigenvalue weighted by Gasteiger charge is -2.33. The molecule has 0 aliphatic rings. The van der Waals surface area contributed by atoms with E-state index < -0.39 is 5.54 Å². The Morgan fingerprint density at radius 2 is 1.91 bits per heavy atom. The lowest BCUT2D eigenvalue weighted by molar-refractivity contribution is 0.0494. The number of H-pyrrole nitrogens is 1. The average Bonchev–Trinajstić information content (AvgIpc) is 3.12. The van der Waals surface area contributed by atoms with Crippen molar-refractivity contribution in [1.29, 1.82) is 0 Å². The van der Waals surface area contributed by atoms with Crippen LogP contribution in [0.5, 0.6) is 5.75 Å². The number of carbonyl (C=O) groups excluding carboxylic acids is 1. The number of aryl methyl sites for hydroxylation is 2. The fourth-order valence-corrected chi connectivity index (χ4v) is 4.48. The van der Waals surface area contributed by atoms with E-state index >= 15 is 0 Å². The van der Waals surface area contributed by atoms with Gasteiger partial charge in [0.25, 0.3) is 11.5 Å². The molecule has 0 fully saturated rings. The molecular weight excluding hydrogens is 420 g/mol. The third-order valence-electron chi connectivity index (χ3n) is 5.33. The fourth-order valence-electron chi connectivity index (χ4n) is 4.48. The molecule has 0 aliphatic heterocycles. The van der Waals surface area contributed by atoms with Crippen LogP contribution in [0.1, 0.15) is 57.0 Å². The number of rotatable bonds is 7. The van der Waals surface area contributed by atoms with Crippen LogP contribution >= 0.6 is 0 Å². The van der Waals surface area contributed by atoms with Gasteiger partial charge >= 0.3 is 0 Å². The van der Waals surface area contributed by atoms with Crippen LogP contribution in [-0.2, 0) is 11.8 Å². The summed E-state index contributed by atoms with van der Waals surface area (Å²) in [6, 6.07) is 3.66. The minimum absolute atomic E-state index is 0.0173. The third-order valence-corrected chi connectivity index (χ3v) is 5.33. The van der Waals surface area contributed by atoms with Crippen LogP contribution in [0.2, 0.25) is 0 Å². The monoisotopic (exact) mass is 454 g/mol. The number of amides is 1. The summed E-state index contributed by atoms with van der Waals surface area (Å²) in [7, 11) is 3.19. The molecule has 33 heavy (non-hydrogen) atoms. The summed E-state index contributed by atoms with van der Waals surface area (Å²) in [5, 5.41) is 3.63. The van der Waals surface area contributed by atoms with Crippen molar-refractivity contribution in [2.75, 3.05) is 13.9 Å². The molecule has 1 aromatic carbocycles. The molecule has 3 rings (SSSR count). The van der Waals surface area contributed by atoms with Gasteiger partial charge in [-0.05, 0) is 55.9 Å². The molecule has 178 valence electrons. The molecule has 1 amide bonds. The third kappa shape index (κ3) is 5.45. The summed E-state index contributed by atoms with van der Waals surface area (Å²) in [6.45, 7) is 12.3. The van der Waals surface area contributed by atoms with Gasteiger partial charge in [0.15, 0.2) is 6.79 Å². The van der Waals surface area contributed by atoms with E-state index in [0.29, 0.717) is 27.9 Å². The zero-order valence-corrected chi connectivity index (χ0v) is 20.8. The number of nitrogens with zero attached hydrogens (tertiary/aromatic N) is 2. The molecule has 2 heterocycles. The van der Waals surface area contributed by atoms with Gasteiger partial charge in [-0.15, -0.1) is 0 Å². The summed E-state index contributed by atoms with van der Waals surface area (Å²) in [5.41, 5.74) is 2.51. The maximum absolute atomic E-state index is 13.5. The molecule has 3 aromatic rings. The van der Waals surface area contributed by atoms with E-state index in [2.05, 4.69) is 36.1 Å². The summed E-state index contributed by atoms with van der Waals surface area (Å²) < 4.78 is 12.3. The minimum atomic E-state index is -0.432. The maximum atomic E-state index is 13.5. The zero-order valence-electron chi connectivity index (χ0n) is 20.8. The zero-order chi connectivity index (χ0) is 24.6. The van der Waals surface area contributed by atoms with Gasteiger partial charge in [0, 0.05) is 31.5 Å². The Bertz CT molecular complexity index is 1230. The molecule has 0 bridgehead atoms. The molecule has 0 unspecified atom stereocenters. The van der Waals surface area contributed by atoms with Crippen molar-refractivity contribution in [2.45, 2.75) is 53.5 Å². The van der Waals surface area contributed by atoms with E-state index in [1.807, 2.05) is 26.8 Å². The number of nitrogens with one attached hydrogen (secondary N) is 2. The van der Waals surface area contributed by atoms with Crippen LogP contribution in [0.3, 0.4) is 0 Å². The Kier molecular flexibility index (Phi) is 6.70. The Balaban J connectivity index is 2.12. The second-order valence-electron chi connectivity index (χ2n) is 10.4. The number of fused-ring (bicyclic) bond motifs is 1. The maximum Gasteiger partial charge on any atom is 0.263 e. The first-order valence-electron chi connectivity index (χ1n) is 10.9. The van der Waals surface area contributed by atoms with Crippen LogP contribution in [0.25, 0.3) is 22.2 Å². The molecule has 2 N–H and O–H groups in total. The quantitative estimate of drug-likeness (QED) is 0.522. The van der Waals surface area contributed by atoms with Crippen molar-refractivity contribution in [3.63, 3.8) is 0 Å². The molecule has 0 atom stereocenters. The Morgan fingerprint density at radius 1 is 1.21 bits per heavy atom. The van der Waals surface area contributed by atoms with Gasteiger partial charge in [-0.2, -0.15) is 0 Å². The second kappa shape index (κ2) is 9.02. The average molecular weight is 455 g/mol. The summed E-state index contributed by atoms with van der Waals surface area (Å²) in [5.74, 6) is 0.210. The van der Waals surface area contributed by atoms with Gasteiger partial charge in [-0.3, -0.25) is 9.59 Å². The lowest BCUT2D eigenvalue weighted by atomic mass is 9.81. The van der Waals surface area contributed by atoms with Gasteiger partial charge < -0.3 is 24.3 Å². The first kappa shape index (κ1) is 24.5. The normalized spacial score (nSPS) is 12.2. The number of aromatic amines is 1. The Morgan fingerprint density at radius 3 is 2.55 bits per heavy atom. The molecule has 8 nitrogen and oxygen atoms in total. The predicted molar refractivity (Wildman–Crippen MR) is 130 cm³/mol. The molecule has 0 radical (unpaired) electrons. The largest absolute Gasteiger partial charge is 0.466 e. The van der Waals surface area contributed by atoms with E-state index in [1.165, 1.54) is 18.0 Å². The molecule has 2 aromatic heterocycles. The number of hydrogen-bond donors (Lipinski definition) is 2. The van der Waals surface area contributed by atoms with Crippen molar-refractivity contribution in [1.82, 2.24) is 19.9 Å². The van der Waals surface area contributed by atoms with Crippen molar-refractivity contribution < 1.29 is 14.3 Å². The van der Waals surface area contributed by atoms with Crippen LogP contribution < -0.4 is 15.6 Å². The molecule has 0 aliphatic carbocycles. The van der Waals surface area contributed by atoms with E-state index in [0.717, 1.165) is 17.5 Å². The number of hydrogen-bond acceptors (Lipinski definition) is 5. The smallest absolute Gasteiger partial charge is 0.263 e. The van der Waals surface area contributed by atoms with Crippen LogP contribution in [0.15, 0.2) is 29.5 Å². The van der Waals surface area contributed by atoms with Gasteiger partial charge in [0.05, 0.1) is 17.3 Å². The number of aromatic nitrogens is 3. The predicted octanol–water partition coefficient (Wildman–Crippen LogP) is 4.16. The van der Waals surface area contributed by atoms with Crippen molar-refractivity contribution in [2.24, 2.45) is 12.5 Å². The van der Waals surface area contributed by atoms with Crippen LogP contribution in [0, 0.1) is 12.3 Å². The minimum Gasteiger partial charge on any atom is -0.466 e. The first-order valence-corrected chi connectivity index (χ1v) is 10.9. The fraction of sp³-hybridized carbons (Fsp3) is 0.480. The number of carbonyl (C=O) groups is 1.